The highest BCUT2D eigenvalue weighted by Crippen LogP contribution is 2.19. The van der Waals surface area contributed by atoms with Crippen molar-refractivity contribution in [2.75, 3.05) is 7.05 Å². The molecular weight excluding hydrogens is 358 g/mol. The van der Waals surface area contributed by atoms with E-state index in [1.807, 2.05) is 0 Å². The Bertz CT molecular complexity index is 850. The second-order valence-electron chi connectivity index (χ2n) is 4.78. The van der Waals surface area contributed by atoms with Gasteiger partial charge in [0.25, 0.3) is 0 Å². The fourth-order valence-corrected chi connectivity index (χ4v) is 3.57. The fraction of sp³-hybridized carbons (Fsp3) is 0.214. The number of nitrogens with one attached hydrogen (secondary N) is 2. The first-order chi connectivity index (χ1) is 11.3. The maximum absolute atomic E-state index is 13.6. The maximum atomic E-state index is 13.6. The van der Waals surface area contributed by atoms with Crippen molar-refractivity contribution in [3.05, 3.63) is 52.4 Å². The Labute approximate surface area is 142 Å². The Kier molecular flexibility index (Phi) is 5.86. The fourth-order valence-electron chi connectivity index (χ4n) is 1.86. The summed E-state index contributed by atoms with van der Waals surface area (Å²) in [6.07, 6.45) is 0. The zero-order valence-electron chi connectivity index (χ0n) is 12.7. The van der Waals surface area contributed by atoms with Crippen LogP contribution >= 0.6 is 11.3 Å². The van der Waals surface area contributed by atoms with Gasteiger partial charge in [0.15, 0.2) is 5.96 Å². The van der Waals surface area contributed by atoms with Gasteiger partial charge in [-0.3, -0.25) is 4.99 Å². The van der Waals surface area contributed by atoms with E-state index in [9.17, 15) is 17.2 Å². The largest absolute Gasteiger partial charge is 0.352 e. The molecular formula is C14H16F2N4O2S2. The minimum atomic E-state index is -3.71. The van der Waals surface area contributed by atoms with Crippen molar-refractivity contribution >= 4 is 27.3 Å². The molecule has 0 saturated carbocycles. The topological polar surface area (TPSA) is 96.6 Å². The van der Waals surface area contributed by atoms with Gasteiger partial charge in [-0.2, -0.15) is 0 Å². The molecule has 0 aliphatic carbocycles. The van der Waals surface area contributed by atoms with Gasteiger partial charge in [-0.05, 0) is 30.3 Å². The van der Waals surface area contributed by atoms with Gasteiger partial charge < -0.3 is 10.6 Å². The zero-order chi connectivity index (χ0) is 17.7. The van der Waals surface area contributed by atoms with Crippen molar-refractivity contribution in [3.63, 3.8) is 0 Å². The molecule has 10 heteroatoms. The highest BCUT2D eigenvalue weighted by molar-refractivity contribution is 7.91. The number of rotatable bonds is 5. The molecule has 6 nitrogen and oxygen atoms in total. The van der Waals surface area contributed by atoms with Crippen LogP contribution in [0.25, 0.3) is 0 Å². The van der Waals surface area contributed by atoms with Crippen LogP contribution < -0.4 is 15.8 Å². The Morgan fingerprint density at radius 2 is 1.92 bits per heavy atom. The van der Waals surface area contributed by atoms with Crippen LogP contribution in [-0.4, -0.2) is 21.4 Å². The molecule has 0 saturated heterocycles. The number of thiophene rings is 1. The summed E-state index contributed by atoms with van der Waals surface area (Å²) >= 11 is 1.04. The molecule has 2 rings (SSSR count). The van der Waals surface area contributed by atoms with E-state index in [4.69, 9.17) is 5.14 Å². The molecule has 0 aliphatic heterocycles. The SMILES string of the molecule is CN=C(NCc1ccc(S(N)(=O)=O)s1)NCc1cc(F)ccc1F. The molecule has 0 aliphatic rings. The average molecular weight is 374 g/mol. The van der Waals surface area contributed by atoms with Gasteiger partial charge >= 0.3 is 0 Å². The lowest BCUT2D eigenvalue weighted by atomic mass is 10.2. The standard InChI is InChI=1S/C14H16F2N4O2S2/c1-18-14(19-7-9-6-10(15)2-4-12(9)16)20-8-11-3-5-13(23-11)24(17,21)22/h2-6H,7-8H2,1H3,(H2,17,21,22)(H2,18,19,20). The summed E-state index contributed by atoms with van der Waals surface area (Å²) in [6.45, 7) is 0.363. The van der Waals surface area contributed by atoms with Gasteiger partial charge in [0.05, 0.1) is 6.54 Å². The lowest BCUT2D eigenvalue weighted by molar-refractivity contribution is 0.581. The molecule has 0 amide bonds. The Morgan fingerprint density at radius 3 is 2.54 bits per heavy atom. The van der Waals surface area contributed by atoms with Crippen LogP contribution in [0.2, 0.25) is 0 Å². The zero-order valence-corrected chi connectivity index (χ0v) is 14.3. The van der Waals surface area contributed by atoms with Gasteiger partial charge in [0.1, 0.15) is 15.8 Å². The van der Waals surface area contributed by atoms with Crippen LogP contribution in [0, 0.1) is 11.6 Å². The number of guanidine groups is 1. The first-order valence-electron chi connectivity index (χ1n) is 6.79. The second-order valence-corrected chi connectivity index (χ2v) is 7.74. The van der Waals surface area contributed by atoms with Crippen LogP contribution in [0.1, 0.15) is 10.4 Å². The number of nitrogens with two attached hydrogens (primary N) is 1. The van der Waals surface area contributed by atoms with Crippen LogP contribution in [-0.2, 0) is 23.1 Å². The smallest absolute Gasteiger partial charge is 0.247 e. The third-order valence-corrected chi connectivity index (χ3v) is 5.55. The van der Waals surface area contributed by atoms with Gasteiger partial charge in [0.2, 0.25) is 10.0 Å². The van der Waals surface area contributed by atoms with Gasteiger partial charge in [0, 0.05) is 24.0 Å². The van der Waals surface area contributed by atoms with Crippen molar-refractivity contribution in [1.82, 2.24) is 10.6 Å². The van der Waals surface area contributed by atoms with Crippen LogP contribution in [0.15, 0.2) is 39.5 Å². The first kappa shape index (κ1) is 18.3. The molecule has 0 atom stereocenters. The number of halogens is 2. The quantitative estimate of drug-likeness (QED) is 0.546. The predicted octanol–water partition coefficient (Wildman–Crippen LogP) is 1.54. The summed E-state index contributed by atoms with van der Waals surface area (Å²) in [5, 5.41) is 10.9. The maximum Gasteiger partial charge on any atom is 0.247 e. The second kappa shape index (κ2) is 7.69. The summed E-state index contributed by atoms with van der Waals surface area (Å²) in [5.41, 5.74) is 0.172. The van der Waals surface area contributed by atoms with E-state index >= 15 is 0 Å². The normalized spacial score (nSPS) is 12.2. The summed E-state index contributed by atoms with van der Waals surface area (Å²) < 4.78 is 49.2. The minimum absolute atomic E-state index is 0.0517. The third-order valence-electron chi connectivity index (χ3n) is 3.03. The summed E-state index contributed by atoms with van der Waals surface area (Å²) in [4.78, 5) is 4.70. The number of nitrogens with zero attached hydrogens (tertiary/aromatic N) is 1. The summed E-state index contributed by atoms with van der Waals surface area (Å²) in [5.74, 6) is -0.676. The van der Waals surface area contributed by atoms with Crippen LogP contribution in [0.4, 0.5) is 8.78 Å². The molecule has 0 fully saturated rings. The van der Waals surface area contributed by atoms with E-state index < -0.39 is 21.7 Å². The molecule has 0 bridgehead atoms. The number of aliphatic imine (C=N–C) groups is 1. The molecule has 4 N–H and O–H groups in total. The van der Waals surface area contributed by atoms with Crippen molar-refractivity contribution in [2.24, 2.45) is 10.1 Å². The molecule has 1 heterocycles. The molecule has 1 aromatic carbocycles. The highest BCUT2D eigenvalue weighted by Gasteiger charge is 2.11. The lowest BCUT2D eigenvalue weighted by Gasteiger charge is -2.11. The molecule has 1 aromatic heterocycles. The monoisotopic (exact) mass is 374 g/mol. The van der Waals surface area contributed by atoms with E-state index in [-0.39, 0.29) is 16.3 Å². The van der Waals surface area contributed by atoms with Gasteiger partial charge in [-0.25, -0.2) is 22.3 Å². The number of hydrogen-bond acceptors (Lipinski definition) is 4. The Morgan fingerprint density at radius 1 is 1.21 bits per heavy atom. The molecule has 0 unspecified atom stereocenters. The minimum Gasteiger partial charge on any atom is -0.352 e. The molecule has 0 spiro atoms. The highest BCUT2D eigenvalue weighted by atomic mass is 32.2. The molecule has 130 valence electrons. The van der Waals surface area contributed by atoms with Crippen molar-refractivity contribution < 1.29 is 17.2 Å². The average Bonchev–Trinajstić information content (AvgIpc) is 3.00. The van der Waals surface area contributed by atoms with E-state index in [1.54, 1.807) is 6.07 Å². The number of hydrogen-bond donors (Lipinski definition) is 3. The molecule has 2 aromatic rings. The van der Waals surface area contributed by atoms with Crippen molar-refractivity contribution in [2.45, 2.75) is 17.3 Å². The van der Waals surface area contributed by atoms with E-state index in [0.717, 1.165) is 34.4 Å². The van der Waals surface area contributed by atoms with E-state index in [1.165, 1.54) is 13.1 Å². The summed E-state index contributed by atoms with van der Waals surface area (Å²) in [7, 11) is -2.18. The van der Waals surface area contributed by atoms with Crippen LogP contribution in [0.5, 0.6) is 0 Å². The van der Waals surface area contributed by atoms with E-state index in [0.29, 0.717) is 12.5 Å². The molecule has 24 heavy (non-hydrogen) atoms. The summed E-state index contributed by atoms with van der Waals surface area (Å²) in [6, 6.07) is 6.27. The predicted molar refractivity (Wildman–Crippen MR) is 89.1 cm³/mol. The Balaban J connectivity index is 1.93. The number of benzene rings is 1. The van der Waals surface area contributed by atoms with Gasteiger partial charge in [-0.1, -0.05) is 0 Å². The van der Waals surface area contributed by atoms with Crippen molar-refractivity contribution in [3.8, 4) is 0 Å². The lowest BCUT2D eigenvalue weighted by Crippen LogP contribution is -2.36. The number of primary sulfonamides is 1. The number of sulfonamides is 1. The first-order valence-corrected chi connectivity index (χ1v) is 9.16. The molecule has 0 radical (unpaired) electrons. The van der Waals surface area contributed by atoms with E-state index in [2.05, 4.69) is 15.6 Å². The van der Waals surface area contributed by atoms with Crippen LogP contribution in [0.3, 0.4) is 0 Å². The van der Waals surface area contributed by atoms with Gasteiger partial charge in [-0.15, -0.1) is 11.3 Å². The third kappa shape index (κ3) is 4.98. The Hall–Kier alpha value is -2.04. The van der Waals surface area contributed by atoms with Crippen molar-refractivity contribution in [1.29, 1.82) is 0 Å².